The van der Waals surface area contributed by atoms with Crippen LogP contribution in [0, 0.1) is 13.8 Å². The molecule has 0 spiro atoms. The van der Waals surface area contributed by atoms with Crippen LogP contribution in [0.2, 0.25) is 0 Å². The minimum Gasteiger partial charge on any atom is -0.351 e. The van der Waals surface area contributed by atoms with Gasteiger partial charge in [-0.25, -0.2) is 0 Å². The summed E-state index contributed by atoms with van der Waals surface area (Å²) in [6, 6.07) is 20.2. The van der Waals surface area contributed by atoms with E-state index in [-0.39, 0.29) is 11.9 Å². The zero-order valence-corrected chi connectivity index (χ0v) is 15.6. The molecule has 0 radical (unpaired) electrons. The van der Waals surface area contributed by atoms with Gasteiger partial charge >= 0.3 is 0 Å². The minimum atomic E-state index is -0.0850. The Bertz CT molecular complexity index is 941. The van der Waals surface area contributed by atoms with Gasteiger partial charge in [-0.2, -0.15) is 0 Å². The predicted molar refractivity (Wildman–Crippen MR) is 109 cm³/mol. The van der Waals surface area contributed by atoms with E-state index in [1.54, 1.807) is 11.3 Å². The van der Waals surface area contributed by atoms with E-state index in [9.17, 15) is 4.79 Å². The van der Waals surface area contributed by atoms with Gasteiger partial charge in [0.05, 0.1) is 6.04 Å². The molecule has 1 aromatic heterocycles. The molecule has 4 rings (SSSR count). The summed E-state index contributed by atoms with van der Waals surface area (Å²) in [6.07, 6.45) is 2.02. The molecule has 0 saturated heterocycles. The van der Waals surface area contributed by atoms with Crippen LogP contribution in [-0.2, 0) is 4.79 Å². The van der Waals surface area contributed by atoms with Crippen molar-refractivity contribution in [1.82, 2.24) is 0 Å². The van der Waals surface area contributed by atoms with E-state index in [1.165, 1.54) is 11.1 Å². The SMILES string of the molecule is Cc1ccc(NC2=C[C@H](c3cccs3)N(c3ccc(C)cc3)C2=O)cc1. The number of amides is 1. The number of thiophene rings is 1. The number of anilines is 2. The van der Waals surface area contributed by atoms with Crippen LogP contribution in [0.15, 0.2) is 77.8 Å². The minimum absolute atomic E-state index is 0.00664. The highest BCUT2D eigenvalue weighted by Gasteiger charge is 2.35. The molecule has 0 bridgehead atoms. The van der Waals surface area contributed by atoms with E-state index in [0.29, 0.717) is 5.70 Å². The van der Waals surface area contributed by atoms with E-state index < -0.39 is 0 Å². The molecule has 1 atom stereocenters. The second-order valence-corrected chi connectivity index (χ2v) is 7.52. The highest BCUT2D eigenvalue weighted by atomic mass is 32.1. The fourth-order valence-electron chi connectivity index (χ4n) is 3.10. The van der Waals surface area contributed by atoms with Crippen molar-refractivity contribution in [2.24, 2.45) is 0 Å². The van der Waals surface area contributed by atoms with Crippen molar-refractivity contribution in [2.75, 3.05) is 10.2 Å². The lowest BCUT2D eigenvalue weighted by Crippen LogP contribution is -2.30. The Morgan fingerprint density at radius 2 is 1.58 bits per heavy atom. The predicted octanol–water partition coefficient (Wildman–Crippen LogP) is 5.45. The van der Waals surface area contributed by atoms with Gasteiger partial charge in [-0.1, -0.05) is 41.5 Å². The fraction of sp³-hybridized carbons (Fsp3) is 0.136. The molecular weight excluding hydrogens is 340 g/mol. The van der Waals surface area contributed by atoms with E-state index in [2.05, 4.69) is 25.2 Å². The normalized spacial score (nSPS) is 16.7. The highest BCUT2D eigenvalue weighted by molar-refractivity contribution is 7.10. The number of carbonyl (C=O) groups is 1. The first-order valence-corrected chi connectivity index (χ1v) is 9.49. The van der Waals surface area contributed by atoms with Gasteiger partial charge < -0.3 is 5.32 Å². The Morgan fingerprint density at radius 1 is 0.923 bits per heavy atom. The second kappa shape index (κ2) is 6.81. The van der Waals surface area contributed by atoms with Crippen LogP contribution in [0.3, 0.4) is 0 Å². The summed E-state index contributed by atoms with van der Waals surface area (Å²) in [5.74, 6) is -0.00664. The third kappa shape index (κ3) is 3.16. The zero-order valence-electron chi connectivity index (χ0n) is 14.8. The molecular formula is C22H20N2OS. The summed E-state index contributed by atoms with van der Waals surface area (Å²) in [6.45, 7) is 4.10. The first kappa shape index (κ1) is 16.6. The summed E-state index contributed by atoms with van der Waals surface area (Å²) in [5.41, 5.74) is 4.83. The summed E-state index contributed by atoms with van der Waals surface area (Å²) in [4.78, 5) is 16.2. The molecule has 3 nitrogen and oxygen atoms in total. The lowest BCUT2D eigenvalue weighted by molar-refractivity contribution is -0.114. The van der Waals surface area contributed by atoms with Gasteiger partial charge in [0.2, 0.25) is 0 Å². The first-order valence-electron chi connectivity index (χ1n) is 8.61. The van der Waals surface area contributed by atoms with Gasteiger partial charge in [0, 0.05) is 16.3 Å². The van der Waals surface area contributed by atoms with Crippen molar-refractivity contribution in [1.29, 1.82) is 0 Å². The molecule has 4 heteroatoms. The number of nitrogens with zero attached hydrogens (tertiary/aromatic N) is 1. The third-order valence-corrected chi connectivity index (χ3v) is 5.47. The van der Waals surface area contributed by atoms with Gasteiger partial charge in [-0.15, -0.1) is 11.3 Å². The van der Waals surface area contributed by atoms with Gasteiger partial charge in [0.15, 0.2) is 0 Å². The van der Waals surface area contributed by atoms with Crippen LogP contribution in [0.5, 0.6) is 0 Å². The molecule has 130 valence electrons. The first-order chi connectivity index (χ1) is 12.6. The van der Waals surface area contributed by atoms with Crippen molar-refractivity contribution in [3.8, 4) is 0 Å². The molecule has 1 aliphatic rings. The van der Waals surface area contributed by atoms with Crippen LogP contribution in [-0.4, -0.2) is 5.91 Å². The fourth-order valence-corrected chi connectivity index (χ4v) is 3.88. The highest BCUT2D eigenvalue weighted by Crippen LogP contribution is 2.37. The topological polar surface area (TPSA) is 32.3 Å². The van der Waals surface area contributed by atoms with Crippen LogP contribution < -0.4 is 10.2 Å². The number of nitrogens with one attached hydrogen (secondary N) is 1. The Hall–Kier alpha value is -2.85. The molecule has 3 aromatic rings. The molecule has 1 amide bonds. The Kier molecular flexibility index (Phi) is 4.35. The molecule has 0 aliphatic carbocycles. The lowest BCUT2D eigenvalue weighted by atomic mass is 10.2. The van der Waals surface area contributed by atoms with Crippen LogP contribution in [0.25, 0.3) is 0 Å². The van der Waals surface area contributed by atoms with Crippen LogP contribution >= 0.6 is 11.3 Å². The third-order valence-electron chi connectivity index (χ3n) is 4.53. The Labute approximate surface area is 157 Å². The monoisotopic (exact) mass is 360 g/mol. The molecule has 2 heterocycles. The van der Waals surface area contributed by atoms with Gasteiger partial charge in [-0.05, 0) is 55.6 Å². The standard InChI is InChI=1S/C22H20N2OS/c1-15-5-9-17(10-6-15)23-19-14-20(21-4-3-13-26-21)24(22(19)25)18-11-7-16(2)8-12-18/h3-14,20,23H,1-2H3/t20-/m1/s1. The summed E-state index contributed by atoms with van der Waals surface area (Å²) in [5, 5.41) is 5.34. The van der Waals surface area contributed by atoms with Crippen LogP contribution in [0.1, 0.15) is 22.0 Å². The van der Waals surface area contributed by atoms with Crippen molar-refractivity contribution >= 4 is 28.6 Å². The van der Waals surface area contributed by atoms with Gasteiger partial charge in [0.25, 0.3) is 5.91 Å². The number of hydrogen-bond donors (Lipinski definition) is 1. The number of carbonyl (C=O) groups excluding carboxylic acids is 1. The molecule has 0 saturated carbocycles. The number of benzene rings is 2. The maximum atomic E-state index is 13.2. The van der Waals surface area contributed by atoms with E-state index in [0.717, 1.165) is 16.3 Å². The summed E-state index contributed by atoms with van der Waals surface area (Å²) in [7, 11) is 0. The van der Waals surface area contributed by atoms with E-state index >= 15 is 0 Å². The molecule has 26 heavy (non-hydrogen) atoms. The summed E-state index contributed by atoms with van der Waals surface area (Å²) < 4.78 is 0. The molecule has 1 aliphatic heterocycles. The number of hydrogen-bond acceptors (Lipinski definition) is 3. The quantitative estimate of drug-likeness (QED) is 0.671. The average Bonchev–Trinajstić information content (AvgIpc) is 3.27. The van der Waals surface area contributed by atoms with Crippen molar-refractivity contribution < 1.29 is 4.79 Å². The van der Waals surface area contributed by atoms with Crippen molar-refractivity contribution in [3.05, 3.63) is 93.8 Å². The maximum absolute atomic E-state index is 13.2. The lowest BCUT2D eigenvalue weighted by Gasteiger charge is -2.24. The molecule has 0 unspecified atom stereocenters. The summed E-state index contributed by atoms with van der Waals surface area (Å²) >= 11 is 1.67. The van der Waals surface area contributed by atoms with Gasteiger partial charge in [-0.3, -0.25) is 9.69 Å². The smallest absolute Gasteiger partial charge is 0.275 e. The Morgan fingerprint density at radius 3 is 2.19 bits per heavy atom. The number of rotatable bonds is 4. The van der Waals surface area contributed by atoms with E-state index in [1.807, 2.05) is 71.0 Å². The van der Waals surface area contributed by atoms with E-state index in [4.69, 9.17) is 0 Å². The van der Waals surface area contributed by atoms with Gasteiger partial charge in [0.1, 0.15) is 5.70 Å². The Balaban J connectivity index is 1.69. The molecule has 1 N–H and O–H groups in total. The largest absolute Gasteiger partial charge is 0.351 e. The second-order valence-electron chi connectivity index (χ2n) is 6.54. The zero-order chi connectivity index (χ0) is 18.1. The maximum Gasteiger partial charge on any atom is 0.275 e. The van der Waals surface area contributed by atoms with Crippen molar-refractivity contribution in [2.45, 2.75) is 19.9 Å². The number of aryl methyl sites for hydroxylation is 2. The van der Waals surface area contributed by atoms with Crippen LogP contribution in [0.4, 0.5) is 11.4 Å². The molecule has 0 fully saturated rings. The molecule has 2 aromatic carbocycles. The average molecular weight is 360 g/mol. The van der Waals surface area contributed by atoms with Crippen molar-refractivity contribution in [3.63, 3.8) is 0 Å².